The molecule has 144 valence electrons. The minimum atomic E-state index is -0.00940. The van der Waals surface area contributed by atoms with Crippen molar-refractivity contribution in [3.05, 3.63) is 65.2 Å². The van der Waals surface area contributed by atoms with E-state index >= 15 is 0 Å². The van der Waals surface area contributed by atoms with Crippen LogP contribution in [-0.2, 0) is 9.53 Å². The Kier molecular flexibility index (Phi) is 7.59. The van der Waals surface area contributed by atoms with E-state index in [1.807, 2.05) is 42.5 Å². The van der Waals surface area contributed by atoms with Crippen LogP contribution in [-0.4, -0.2) is 48.9 Å². The Morgan fingerprint density at radius 3 is 2.52 bits per heavy atom. The topological polar surface area (TPSA) is 41.6 Å². The monoisotopic (exact) mass is 404 g/mol. The highest BCUT2D eigenvalue weighted by molar-refractivity contribution is 8.00. The van der Waals surface area contributed by atoms with Crippen molar-refractivity contribution in [3.8, 4) is 0 Å². The van der Waals surface area contributed by atoms with Crippen LogP contribution in [0.5, 0.6) is 0 Å². The highest BCUT2D eigenvalue weighted by Crippen LogP contribution is 2.27. The fourth-order valence-corrected chi connectivity index (χ4v) is 4.45. The molecule has 2 atom stereocenters. The van der Waals surface area contributed by atoms with Gasteiger partial charge in [0.05, 0.1) is 30.0 Å². The Balaban J connectivity index is 1.64. The number of carbonyl (C=O) groups is 1. The van der Waals surface area contributed by atoms with Gasteiger partial charge in [-0.25, -0.2) is 0 Å². The van der Waals surface area contributed by atoms with E-state index in [9.17, 15) is 4.79 Å². The quantitative estimate of drug-likeness (QED) is 0.708. The van der Waals surface area contributed by atoms with Crippen molar-refractivity contribution in [2.45, 2.75) is 23.9 Å². The van der Waals surface area contributed by atoms with Crippen molar-refractivity contribution < 1.29 is 9.53 Å². The molecule has 1 saturated heterocycles. The van der Waals surface area contributed by atoms with E-state index in [4.69, 9.17) is 16.3 Å². The summed E-state index contributed by atoms with van der Waals surface area (Å²) in [6.07, 6.45) is 0. The third kappa shape index (κ3) is 5.72. The number of rotatable bonds is 7. The highest BCUT2D eigenvalue weighted by Gasteiger charge is 2.28. The van der Waals surface area contributed by atoms with Crippen molar-refractivity contribution in [1.29, 1.82) is 0 Å². The second-order valence-electron chi connectivity index (χ2n) is 6.58. The Hall–Kier alpha value is -1.53. The summed E-state index contributed by atoms with van der Waals surface area (Å²) in [6.45, 7) is 5.27. The van der Waals surface area contributed by atoms with Gasteiger partial charge in [-0.3, -0.25) is 9.69 Å². The molecule has 1 fully saturated rings. The molecule has 0 aliphatic carbocycles. The number of nitrogens with one attached hydrogen (secondary N) is 1. The molecule has 0 radical (unpaired) electrons. The van der Waals surface area contributed by atoms with Gasteiger partial charge >= 0.3 is 0 Å². The first kappa shape index (κ1) is 20.2. The van der Waals surface area contributed by atoms with Crippen LogP contribution < -0.4 is 5.32 Å². The maximum Gasteiger partial charge on any atom is 0.230 e. The van der Waals surface area contributed by atoms with Gasteiger partial charge in [-0.1, -0.05) is 54.1 Å². The molecular weight excluding hydrogens is 380 g/mol. The third-order valence-electron chi connectivity index (χ3n) is 4.64. The Bertz CT molecular complexity index is 738. The number of halogens is 1. The lowest BCUT2D eigenvalue weighted by Gasteiger charge is -2.38. The molecule has 3 rings (SSSR count). The summed E-state index contributed by atoms with van der Waals surface area (Å²) < 4.78 is 5.50. The zero-order valence-electron chi connectivity index (χ0n) is 15.4. The van der Waals surface area contributed by atoms with Crippen LogP contribution in [0.2, 0.25) is 5.02 Å². The molecule has 4 nitrogen and oxygen atoms in total. The number of ether oxygens (including phenoxy) is 1. The van der Waals surface area contributed by atoms with Crippen molar-refractivity contribution in [2.24, 2.45) is 0 Å². The van der Waals surface area contributed by atoms with Crippen LogP contribution in [0.1, 0.15) is 18.5 Å². The van der Waals surface area contributed by atoms with Crippen LogP contribution in [0.3, 0.4) is 0 Å². The summed E-state index contributed by atoms with van der Waals surface area (Å²) in [4.78, 5) is 15.9. The van der Waals surface area contributed by atoms with Gasteiger partial charge in [0.2, 0.25) is 5.91 Å². The molecule has 1 heterocycles. The maximum absolute atomic E-state index is 12.5. The van der Waals surface area contributed by atoms with Crippen LogP contribution in [0.25, 0.3) is 0 Å². The molecule has 1 amide bonds. The number of hydrogen-bond donors (Lipinski definition) is 1. The number of thioether (sulfide) groups is 1. The highest BCUT2D eigenvalue weighted by atomic mass is 35.5. The molecular formula is C21H25ClN2O2S. The average molecular weight is 405 g/mol. The smallest absolute Gasteiger partial charge is 0.230 e. The molecule has 27 heavy (non-hydrogen) atoms. The number of nitrogens with zero attached hydrogens (tertiary/aromatic N) is 1. The molecule has 1 aliphatic heterocycles. The second kappa shape index (κ2) is 10.1. The lowest BCUT2D eigenvalue weighted by atomic mass is 9.98. The predicted molar refractivity (Wildman–Crippen MR) is 111 cm³/mol. The van der Waals surface area contributed by atoms with Crippen molar-refractivity contribution >= 4 is 29.3 Å². The number of morpholine rings is 1. The number of amides is 1. The Labute approximate surface area is 170 Å². The van der Waals surface area contributed by atoms with E-state index < -0.39 is 0 Å². The summed E-state index contributed by atoms with van der Waals surface area (Å²) in [5.41, 5.74) is 1.21. The predicted octanol–water partition coefficient (Wildman–Crippen LogP) is 4.01. The summed E-state index contributed by atoms with van der Waals surface area (Å²) in [6, 6.07) is 18.1. The first-order valence-electron chi connectivity index (χ1n) is 9.18. The Morgan fingerprint density at radius 2 is 1.81 bits per heavy atom. The molecule has 0 unspecified atom stereocenters. The lowest BCUT2D eigenvalue weighted by molar-refractivity contribution is -0.119. The van der Waals surface area contributed by atoms with E-state index in [0.29, 0.717) is 10.8 Å². The summed E-state index contributed by atoms with van der Waals surface area (Å²) >= 11 is 7.64. The van der Waals surface area contributed by atoms with E-state index in [1.54, 1.807) is 0 Å². The van der Waals surface area contributed by atoms with E-state index in [-0.39, 0.29) is 18.0 Å². The fourth-order valence-electron chi connectivity index (χ4n) is 3.40. The fraction of sp³-hybridized carbons (Fsp3) is 0.381. The number of hydrogen-bond acceptors (Lipinski definition) is 4. The van der Waals surface area contributed by atoms with Gasteiger partial charge in [0.1, 0.15) is 0 Å². The summed E-state index contributed by atoms with van der Waals surface area (Å²) in [5, 5.41) is 3.86. The summed E-state index contributed by atoms with van der Waals surface area (Å²) in [7, 11) is 0. The largest absolute Gasteiger partial charge is 0.379 e. The molecule has 0 aromatic heterocycles. The molecule has 1 aliphatic rings. The van der Waals surface area contributed by atoms with Crippen LogP contribution in [0, 0.1) is 0 Å². The SMILES string of the molecule is C[C@H](NC(=O)CSc1ccccc1Cl)[C@H](c1ccccc1)N1CCOCC1. The maximum atomic E-state index is 12.5. The zero-order chi connectivity index (χ0) is 19.1. The molecule has 0 spiro atoms. The van der Waals surface area contributed by atoms with Crippen LogP contribution in [0.4, 0.5) is 0 Å². The normalized spacial score (nSPS) is 17.3. The molecule has 1 N–H and O–H groups in total. The van der Waals surface area contributed by atoms with Crippen LogP contribution in [0.15, 0.2) is 59.5 Å². The van der Waals surface area contributed by atoms with Crippen LogP contribution >= 0.6 is 23.4 Å². The van der Waals surface area contributed by atoms with E-state index in [0.717, 1.165) is 31.2 Å². The summed E-state index contributed by atoms with van der Waals surface area (Å²) in [5.74, 6) is 0.361. The Morgan fingerprint density at radius 1 is 1.15 bits per heavy atom. The van der Waals surface area contributed by atoms with Gasteiger partial charge in [-0.05, 0) is 24.6 Å². The third-order valence-corrected chi connectivity index (χ3v) is 6.15. The van der Waals surface area contributed by atoms with Crippen molar-refractivity contribution in [2.75, 3.05) is 32.1 Å². The van der Waals surface area contributed by atoms with Crippen molar-refractivity contribution in [3.63, 3.8) is 0 Å². The molecule has 0 bridgehead atoms. The molecule has 0 saturated carbocycles. The first-order chi connectivity index (χ1) is 13.1. The minimum Gasteiger partial charge on any atom is -0.379 e. The van der Waals surface area contributed by atoms with Gasteiger partial charge in [0, 0.05) is 24.0 Å². The van der Waals surface area contributed by atoms with Crippen molar-refractivity contribution in [1.82, 2.24) is 10.2 Å². The molecule has 2 aromatic rings. The first-order valence-corrected chi connectivity index (χ1v) is 10.5. The molecule has 6 heteroatoms. The minimum absolute atomic E-state index is 0.00940. The molecule has 2 aromatic carbocycles. The van der Waals surface area contributed by atoms with Gasteiger partial charge in [-0.15, -0.1) is 11.8 Å². The van der Waals surface area contributed by atoms with Gasteiger partial charge in [0.25, 0.3) is 0 Å². The zero-order valence-corrected chi connectivity index (χ0v) is 17.0. The van der Waals surface area contributed by atoms with Gasteiger partial charge < -0.3 is 10.1 Å². The second-order valence-corrected chi connectivity index (χ2v) is 8.00. The number of carbonyl (C=O) groups excluding carboxylic acids is 1. The average Bonchev–Trinajstić information content (AvgIpc) is 2.69. The standard InChI is InChI=1S/C21H25ClN2O2S/c1-16(23-20(25)15-27-19-10-6-5-9-18(19)22)21(17-7-3-2-4-8-17)24-11-13-26-14-12-24/h2-10,16,21H,11-15H2,1H3,(H,23,25)/t16-,21+/m0/s1. The van der Waals surface area contributed by atoms with Gasteiger partial charge in [-0.2, -0.15) is 0 Å². The number of benzene rings is 2. The van der Waals surface area contributed by atoms with E-state index in [1.165, 1.54) is 17.3 Å². The van der Waals surface area contributed by atoms with Gasteiger partial charge in [0.15, 0.2) is 0 Å². The van der Waals surface area contributed by atoms with E-state index in [2.05, 4.69) is 29.3 Å². The lowest BCUT2D eigenvalue weighted by Crippen LogP contribution is -2.48.